The highest BCUT2D eigenvalue weighted by atomic mass is 35.5. The smallest absolute Gasteiger partial charge is 0.290 e. The highest BCUT2D eigenvalue weighted by Crippen LogP contribution is 2.27. The molecule has 19 heavy (non-hydrogen) atoms. The largest absolute Gasteiger partial charge is 0.384 e. The van der Waals surface area contributed by atoms with Crippen molar-refractivity contribution in [1.82, 2.24) is 15.0 Å². The molecule has 1 aromatic heterocycles. The summed E-state index contributed by atoms with van der Waals surface area (Å²) in [5.41, 5.74) is -0.528. The zero-order valence-electron chi connectivity index (χ0n) is 10.2. The first-order valence-corrected chi connectivity index (χ1v) is 5.76. The average molecular weight is 283 g/mol. The Bertz CT molecular complexity index is 633. The monoisotopic (exact) mass is 282 g/mol. The first-order valence-electron chi connectivity index (χ1n) is 5.38. The second kappa shape index (κ2) is 4.60. The van der Waals surface area contributed by atoms with E-state index in [0.29, 0.717) is 11.4 Å². The maximum Gasteiger partial charge on any atom is 0.290 e. The summed E-state index contributed by atoms with van der Waals surface area (Å²) >= 11 is 5.73. The molecule has 0 saturated heterocycles. The van der Waals surface area contributed by atoms with E-state index in [9.17, 15) is 15.2 Å². The maximum atomic E-state index is 10.8. The summed E-state index contributed by atoms with van der Waals surface area (Å²) in [6.07, 6.45) is 1.51. The molecule has 7 nitrogen and oxygen atoms in total. The molecule has 2 rings (SSSR count). The number of aromatic nitrogens is 3. The van der Waals surface area contributed by atoms with Crippen LogP contribution in [0.1, 0.15) is 19.5 Å². The van der Waals surface area contributed by atoms with Gasteiger partial charge < -0.3 is 5.11 Å². The summed E-state index contributed by atoms with van der Waals surface area (Å²) in [6.45, 7) is 3.15. The zero-order chi connectivity index (χ0) is 14.2. The van der Waals surface area contributed by atoms with Crippen molar-refractivity contribution in [3.8, 4) is 5.69 Å². The summed E-state index contributed by atoms with van der Waals surface area (Å²) in [7, 11) is 0. The zero-order valence-corrected chi connectivity index (χ0v) is 11.0. The van der Waals surface area contributed by atoms with Crippen LogP contribution in [0, 0.1) is 10.1 Å². The van der Waals surface area contributed by atoms with E-state index < -0.39 is 10.5 Å². The van der Waals surface area contributed by atoms with Gasteiger partial charge in [-0.2, -0.15) is 0 Å². The van der Waals surface area contributed by atoms with E-state index in [2.05, 4.69) is 10.3 Å². The van der Waals surface area contributed by atoms with Crippen LogP contribution in [0.2, 0.25) is 5.02 Å². The lowest BCUT2D eigenvalue weighted by Gasteiger charge is -2.11. The standard InChI is InChI=1S/C11H11ClN4O3/c1-11(2,17)10-6-15(14-13-10)7-3-4-8(12)9(5-7)16(18)19/h3-6,17H,1-2H3. The minimum atomic E-state index is -1.13. The number of benzene rings is 1. The third-order valence-corrected chi connectivity index (χ3v) is 2.83. The second-order valence-corrected chi connectivity index (χ2v) is 4.91. The van der Waals surface area contributed by atoms with Crippen molar-refractivity contribution in [1.29, 1.82) is 0 Å². The molecule has 0 bridgehead atoms. The van der Waals surface area contributed by atoms with Gasteiger partial charge in [-0.05, 0) is 26.0 Å². The van der Waals surface area contributed by atoms with E-state index in [0.717, 1.165) is 0 Å². The Labute approximate surface area is 113 Å². The number of aliphatic hydroxyl groups is 1. The SMILES string of the molecule is CC(C)(O)c1cn(-c2ccc(Cl)c([N+](=O)[O-])c2)nn1. The highest BCUT2D eigenvalue weighted by molar-refractivity contribution is 6.32. The fourth-order valence-corrected chi connectivity index (χ4v) is 1.64. The number of nitrogens with zero attached hydrogens (tertiary/aromatic N) is 4. The van der Waals surface area contributed by atoms with Gasteiger partial charge in [0.05, 0.1) is 16.8 Å². The summed E-state index contributed by atoms with van der Waals surface area (Å²) < 4.78 is 1.34. The fraction of sp³-hybridized carbons (Fsp3) is 0.273. The highest BCUT2D eigenvalue weighted by Gasteiger charge is 2.21. The molecule has 1 N–H and O–H groups in total. The Morgan fingerprint density at radius 3 is 2.68 bits per heavy atom. The first-order chi connectivity index (χ1) is 8.79. The molecule has 0 aliphatic rings. The van der Waals surface area contributed by atoms with Gasteiger partial charge in [-0.3, -0.25) is 10.1 Å². The molecule has 2 aromatic rings. The molecule has 0 atom stereocenters. The molecule has 0 amide bonds. The minimum absolute atomic E-state index is 0.0524. The third-order valence-electron chi connectivity index (χ3n) is 2.51. The molecule has 1 heterocycles. The first kappa shape index (κ1) is 13.4. The van der Waals surface area contributed by atoms with Gasteiger partial charge in [0.1, 0.15) is 16.3 Å². The van der Waals surface area contributed by atoms with Crippen molar-refractivity contribution in [2.45, 2.75) is 19.4 Å². The van der Waals surface area contributed by atoms with Crippen molar-refractivity contribution < 1.29 is 10.0 Å². The van der Waals surface area contributed by atoms with E-state index in [1.54, 1.807) is 19.9 Å². The predicted octanol–water partition coefficient (Wildman–Crippen LogP) is 2.06. The number of hydrogen-bond acceptors (Lipinski definition) is 5. The van der Waals surface area contributed by atoms with Crippen molar-refractivity contribution >= 4 is 17.3 Å². The van der Waals surface area contributed by atoms with Gasteiger partial charge in [-0.15, -0.1) is 5.10 Å². The molecule has 8 heteroatoms. The molecule has 100 valence electrons. The lowest BCUT2D eigenvalue weighted by molar-refractivity contribution is -0.384. The van der Waals surface area contributed by atoms with Crippen molar-refractivity contribution in [2.24, 2.45) is 0 Å². The van der Waals surface area contributed by atoms with Gasteiger partial charge in [0.2, 0.25) is 0 Å². The molecule has 0 spiro atoms. The Morgan fingerprint density at radius 2 is 2.16 bits per heavy atom. The normalized spacial score (nSPS) is 11.6. The second-order valence-electron chi connectivity index (χ2n) is 4.50. The Kier molecular flexibility index (Phi) is 3.25. The predicted molar refractivity (Wildman–Crippen MR) is 68.3 cm³/mol. The number of hydrogen-bond donors (Lipinski definition) is 1. The fourth-order valence-electron chi connectivity index (χ4n) is 1.45. The number of halogens is 1. The van der Waals surface area contributed by atoms with E-state index in [1.165, 1.54) is 23.0 Å². The van der Waals surface area contributed by atoms with E-state index in [1.807, 2.05) is 0 Å². The van der Waals surface area contributed by atoms with Crippen molar-refractivity contribution in [2.75, 3.05) is 0 Å². The van der Waals surface area contributed by atoms with Crippen LogP contribution >= 0.6 is 11.6 Å². The molecule has 0 saturated carbocycles. The molecule has 0 radical (unpaired) electrons. The lowest BCUT2D eigenvalue weighted by Crippen LogP contribution is -2.15. The van der Waals surface area contributed by atoms with Crippen molar-refractivity contribution in [3.63, 3.8) is 0 Å². The van der Waals surface area contributed by atoms with E-state index in [4.69, 9.17) is 11.6 Å². The summed E-state index contributed by atoms with van der Waals surface area (Å²) in [5.74, 6) is 0. The molecule has 0 aliphatic heterocycles. The van der Waals surface area contributed by atoms with Crippen LogP contribution in [-0.4, -0.2) is 25.0 Å². The van der Waals surface area contributed by atoms with E-state index in [-0.39, 0.29) is 10.7 Å². The maximum absolute atomic E-state index is 10.8. The van der Waals surface area contributed by atoms with Crippen LogP contribution in [0.25, 0.3) is 5.69 Å². The molecule has 0 fully saturated rings. The van der Waals surface area contributed by atoms with Crippen LogP contribution in [0.15, 0.2) is 24.4 Å². The van der Waals surface area contributed by atoms with Crippen LogP contribution in [0.4, 0.5) is 5.69 Å². The quantitative estimate of drug-likeness (QED) is 0.687. The Hall–Kier alpha value is -1.99. The summed E-state index contributed by atoms with van der Waals surface area (Å²) in [4.78, 5) is 10.2. The topological polar surface area (TPSA) is 94.1 Å². The summed E-state index contributed by atoms with van der Waals surface area (Å²) in [6, 6.07) is 4.30. The summed E-state index contributed by atoms with van der Waals surface area (Å²) in [5, 5.41) is 28.3. The van der Waals surface area contributed by atoms with Crippen LogP contribution < -0.4 is 0 Å². The van der Waals surface area contributed by atoms with Gasteiger partial charge in [0.25, 0.3) is 5.69 Å². The average Bonchev–Trinajstić information content (AvgIpc) is 2.78. The third kappa shape index (κ3) is 2.72. The molecular formula is C11H11ClN4O3. The van der Waals surface area contributed by atoms with Gasteiger partial charge in [0.15, 0.2) is 0 Å². The molecule has 0 aliphatic carbocycles. The van der Waals surface area contributed by atoms with Gasteiger partial charge in [-0.25, -0.2) is 4.68 Å². The Morgan fingerprint density at radius 1 is 1.47 bits per heavy atom. The lowest BCUT2D eigenvalue weighted by atomic mass is 10.1. The number of rotatable bonds is 3. The van der Waals surface area contributed by atoms with Crippen molar-refractivity contribution in [3.05, 3.63) is 45.2 Å². The number of nitro groups is 1. The van der Waals surface area contributed by atoms with Gasteiger partial charge in [0, 0.05) is 6.07 Å². The van der Waals surface area contributed by atoms with E-state index >= 15 is 0 Å². The molecule has 0 unspecified atom stereocenters. The van der Waals surface area contributed by atoms with Crippen LogP contribution in [0.3, 0.4) is 0 Å². The Balaban J connectivity index is 2.45. The molecular weight excluding hydrogens is 272 g/mol. The minimum Gasteiger partial charge on any atom is -0.384 e. The van der Waals surface area contributed by atoms with Gasteiger partial charge in [-0.1, -0.05) is 16.8 Å². The van der Waals surface area contributed by atoms with Gasteiger partial charge >= 0.3 is 0 Å². The van der Waals surface area contributed by atoms with Crippen LogP contribution in [-0.2, 0) is 5.60 Å². The van der Waals surface area contributed by atoms with Crippen LogP contribution in [0.5, 0.6) is 0 Å². The molecule has 1 aromatic carbocycles. The number of nitro benzene ring substituents is 1.